The fourth-order valence-corrected chi connectivity index (χ4v) is 5.41. The van der Waals surface area contributed by atoms with Crippen LogP contribution in [0.2, 0.25) is 0 Å². The lowest BCUT2D eigenvalue weighted by Crippen LogP contribution is -2.45. The number of fused-ring (bicyclic) bond motifs is 2. The molecular formula is C26H33N5O. The summed E-state index contributed by atoms with van der Waals surface area (Å²) in [6, 6.07) is 1.95. The molecular weight excluding hydrogens is 398 g/mol. The van der Waals surface area contributed by atoms with Crippen LogP contribution in [0.5, 0.6) is 0 Å². The number of nitrogens with zero attached hydrogens (tertiary/aromatic N) is 2. The lowest BCUT2D eigenvalue weighted by atomic mass is 9.78. The lowest BCUT2D eigenvalue weighted by molar-refractivity contribution is 0.281. The van der Waals surface area contributed by atoms with Crippen molar-refractivity contribution in [2.45, 2.75) is 70.3 Å². The van der Waals surface area contributed by atoms with Gasteiger partial charge in [-0.25, -0.2) is 0 Å². The summed E-state index contributed by atoms with van der Waals surface area (Å²) >= 11 is 0. The summed E-state index contributed by atoms with van der Waals surface area (Å²) in [6.07, 6.45) is 14.1. The van der Waals surface area contributed by atoms with Crippen LogP contribution in [0.4, 0.5) is 0 Å². The van der Waals surface area contributed by atoms with Crippen LogP contribution in [-0.4, -0.2) is 28.9 Å². The number of pyridine rings is 1. The average molecular weight is 432 g/mol. The summed E-state index contributed by atoms with van der Waals surface area (Å²) < 4.78 is 1.83. The Morgan fingerprint density at radius 1 is 1.19 bits per heavy atom. The zero-order chi connectivity index (χ0) is 22.9. The number of aromatic nitrogens is 1. The molecule has 6 nitrogen and oxygen atoms in total. The van der Waals surface area contributed by atoms with E-state index in [4.69, 9.17) is 10.8 Å². The van der Waals surface area contributed by atoms with Crippen molar-refractivity contribution in [3.8, 4) is 0 Å². The predicted octanol–water partition coefficient (Wildman–Crippen LogP) is 4.56. The van der Waals surface area contributed by atoms with E-state index < -0.39 is 5.54 Å². The van der Waals surface area contributed by atoms with Gasteiger partial charge in [-0.1, -0.05) is 25.8 Å². The topological polar surface area (TPSA) is 94.1 Å². The largest absolute Gasteiger partial charge is 0.347 e. The highest BCUT2D eigenvalue weighted by Crippen LogP contribution is 2.41. The van der Waals surface area contributed by atoms with Gasteiger partial charge in [0.05, 0.1) is 16.9 Å². The van der Waals surface area contributed by atoms with E-state index in [1.165, 1.54) is 0 Å². The minimum absolute atomic E-state index is 0.00475. The van der Waals surface area contributed by atoms with Gasteiger partial charge in [0.1, 0.15) is 11.5 Å². The molecule has 3 N–H and O–H groups in total. The number of allylic oxidation sites excluding steroid dienone is 3. The number of rotatable bonds is 5. The first kappa shape index (κ1) is 22.2. The third kappa shape index (κ3) is 3.72. The Morgan fingerprint density at radius 2 is 1.91 bits per heavy atom. The van der Waals surface area contributed by atoms with Gasteiger partial charge in [-0.3, -0.25) is 19.8 Å². The van der Waals surface area contributed by atoms with Crippen molar-refractivity contribution < 1.29 is 0 Å². The first-order valence-corrected chi connectivity index (χ1v) is 11.6. The molecule has 1 fully saturated rings. The lowest BCUT2D eigenvalue weighted by Gasteiger charge is -2.35. The highest BCUT2D eigenvalue weighted by Gasteiger charge is 2.48. The maximum absolute atomic E-state index is 13.6. The molecule has 1 aliphatic carbocycles. The number of aliphatic imine (C=N–C) groups is 1. The van der Waals surface area contributed by atoms with Crippen molar-refractivity contribution in [3.63, 3.8) is 0 Å². The van der Waals surface area contributed by atoms with Crippen LogP contribution < -0.4 is 10.9 Å². The Morgan fingerprint density at radius 3 is 2.62 bits per heavy atom. The second-order valence-corrected chi connectivity index (χ2v) is 9.17. The van der Waals surface area contributed by atoms with E-state index in [1.807, 2.05) is 35.9 Å². The van der Waals surface area contributed by atoms with Gasteiger partial charge in [-0.2, -0.15) is 0 Å². The van der Waals surface area contributed by atoms with Crippen LogP contribution in [-0.2, 0) is 12.0 Å². The summed E-state index contributed by atoms with van der Waals surface area (Å²) in [5.74, 6) is 0.824. The summed E-state index contributed by atoms with van der Waals surface area (Å²) in [5, 5.41) is 20.3. The Kier molecular flexibility index (Phi) is 6.13. The molecule has 3 aliphatic rings. The third-order valence-corrected chi connectivity index (χ3v) is 7.15. The Balaban J connectivity index is 1.54. The summed E-state index contributed by atoms with van der Waals surface area (Å²) in [7, 11) is 1.76. The van der Waals surface area contributed by atoms with Crippen LogP contribution in [0.15, 0.2) is 51.9 Å². The van der Waals surface area contributed by atoms with Gasteiger partial charge in [0.25, 0.3) is 5.56 Å². The summed E-state index contributed by atoms with van der Waals surface area (Å²) in [6.45, 7) is 6.12. The Labute approximate surface area is 189 Å². The van der Waals surface area contributed by atoms with Crippen molar-refractivity contribution in [2.24, 2.45) is 4.99 Å². The predicted molar refractivity (Wildman–Crippen MR) is 131 cm³/mol. The maximum atomic E-state index is 13.6. The smallest absolute Gasteiger partial charge is 0.255 e. The molecule has 1 saturated carbocycles. The number of hydrogen-bond acceptors (Lipinski definition) is 4. The highest BCUT2D eigenvalue weighted by atomic mass is 16.1. The zero-order valence-corrected chi connectivity index (χ0v) is 19.2. The molecule has 1 spiro atoms. The van der Waals surface area contributed by atoms with E-state index in [0.717, 1.165) is 79.5 Å². The molecule has 4 rings (SSSR count). The summed E-state index contributed by atoms with van der Waals surface area (Å²) in [4.78, 5) is 17.8. The van der Waals surface area contributed by atoms with Crippen molar-refractivity contribution in [2.75, 3.05) is 7.05 Å². The van der Waals surface area contributed by atoms with Crippen molar-refractivity contribution in [1.82, 2.24) is 9.88 Å². The number of hydrogen-bond donors (Lipinski definition) is 3. The normalized spacial score (nSPS) is 21.0. The SMILES string of the molecule is C=C1C=CNC(=NC)C=C1CCCCc1cc(C)c2n(c1=O)C1(CCCCC1)C(=N)C2=N. The molecule has 0 aromatic carbocycles. The maximum Gasteiger partial charge on any atom is 0.255 e. The molecule has 0 atom stereocenters. The molecule has 168 valence electrons. The van der Waals surface area contributed by atoms with Gasteiger partial charge >= 0.3 is 0 Å². The fourth-order valence-electron chi connectivity index (χ4n) is 5.41. The number of aryl methyl sites for hydroxylation is 2. The second-order valence-electron chi connectivity index (χ2n) is 9.17. The number of nitrogens with one attached hydrogen (secondary N) is 3. The van der Waals surface area contributed by atoms with Crippen LogP contribution in [0, 0.1) is 17.7 Å². The number of unbranched alkanes of at least 4 members (excludes halogenated alkanes) is 1. The van der Waals surface area contributed by atoms with E-state index in [-0.39, 0.29) is 11.3 Å². The van der Waals surface area contributed by atoms with E-state index >= 15 is 0 Å². The van der Waals surface area contributed by atoms with E-state index in [9.17, 15) is 4.79 Å². The average Bonchev–Trinajstić information content (AvgIpc) is 2.91. The van der Waals surface area contributed by atoms with Crippen LogP contribution >= 0.6 is 0 Å². The van der Waals surface area contributed by atoms with E-state index in [0.29, 0.717) is 17.8 Å². The first-order valence-electron chi connectivity index (χ1n) is 11.6. The molecule has 0 radical (unpaired) electrons. The molecule has 0 bridgehead atoms. The standard InChI is InChI=1S/C26H33N5O/c1-17-11-14-30-21(29-3)16-19(17)9-5-6-10-20-15-18(2)23-22(27)24(28)26(31(23)25(20)32)12-7-4-8-13-26/h11,14-16,27-28H,1,4-10,12-13H2,2-3H3,(H,29,30). The molecule has 0 amide bonds. The molecule has 6 heteroatoms. The van der Waals surface area contributed by atoms with Crippen LogP contribution in [0.3, 0.4) is 0 Å². The minimum Gasteiger partial charge on any atom is -0.347 e. The Hall–Kier alpha value is -3.02. The fraction of sp³-hybridized carbons (Fsp3) is 0.462. The van der Waals surface area contributed by atoms with Gasteiger partial charge < -0.3 is 10.7 Å². The van der Waals surface area contributed by atoms with Gasteiger partial charge in [0.2, 0.25) is 0 Å². The van der Waals surface area contributed by atoms with Crippen molar-refractivity contribution in [3.05, 3.63) is 69.3 Å². The molecule has 2 aliphatic heterocycles. The molecule has 0 unspecified atom stereocenters. The van der Waals surface area contributed by atoms with Crippen molar-refractivity contribution in [1.29, 1.82) is 10.8 Å². The molecule has 32 heavy (non-hydrogen) atoms. The zero-order valence-electron chi connectivity index (χ0n) is 19.2. The Bertz CT molecular complexity index is 1130. The molecule has 1 aromatic rings. The minimum atomic E-state index is -0.597. The molecule has 0 saturated heterocycles. The summed E-state index contributed by atoms with van der Waals surface area (Å²) in [5.41, 5.74) is 4.55. The second kappa shape index (κ2) is 8.85. The van der Waals surface area contributed by atoms with Gasteiger partial charge in [0, 0.05) is 18.8 Å². The first-order chi connectivity index (χ1) is 15.4. The third-order valence-electron chi connectivity index (χ3n) is 7.15. The van der Waals surface area contributed by atoms with Crippen molar-refractivity contribution >= 4 is 17.3 Å². The monoisotopic (exact) mass is 431 g/mol. The molecule has 1 aromatic heterocycles. The van der Waals surface area contributed by atoms with Crippen LogP contribution in [0.25, 0.3) is 0 Å². The van der Waals surface area contributed by atoms with Crippen LogP contribution in [0.1, 0.15) is 68.2 Å². The quantitative estimate of drug-likeness (QED) is 0.596. The highest BCUT2D eigenvalue weighted by molar-refractivity contribution is 6.50. The number of amidine groups is 1. The van der Waals surface area contributed by atoms with Gasteiger partial charge in [0.15, 0.2) is 0 Å². The van der Waals surface area contributed by atoms with Gasteiger partial charge in [-0.15, -0.1) is 0 Å². The molecule has 3 heterocycles. The van der Waals surface area contributed by atoms with E-state index in [2.05, 4.69) is 16.9 Å². The van der Waals surface area contributed by atoms with Gasteiger partial charge in [-0.05, 0) is 80.4 Å². The van der Waals surface area contributed by atoms with E-state index in [1.54, 1.807) is 7.05 Å².